The van der Waals surface area contributed by atoms with Gasteiger partial charge in [-0.25, -0.2) is 0 Å². The second kappa shape index (κ2) is 7.27. The molecule has 0 aliphatic carbocycles. The van der Waals surface area contributed by atoms with Crippen molar-refractivity contribution in [2.75, 3.05) is 5.75 Å². The summed E-state index contributed by atoms with van der Waals surface area (Å²) < 4.78 is 2.03. The van der Waals surface area contributed by atoms with Gasteiger partial charge in [0, 0.05) is 20.3 Å². The van der Waals surface area contributed by atoms with Crippen molar-refractivity contribution in [3.8, 4) is 0 Å². The van der Waals surface area contributed by atoms with Crippen LogP contribution in [0.25, 0.3) is 0 Å². The van der Waals surface area contributed by atoms with Crippen molar-refractivity contribution in [2.45, 2.75) is 11.3 Å². The molecule has 0 heterocycles. The minimum absolute atomic E-state index is 0.229. The van der Waals surface area contributed by atoms with Gasteiger partial charge >= 0.3 is 0 Å². The SMILES string of the molecule is O=C(CSc1ccccc1Br)Cc1ccccc1Br. The van der Waals surface area contributed by atoms with Crippen LogP contribution in [0, 0.1) is 0 Å². The molecule has 0 aromatic heterocycles. The highest BCUT2D eigenvalue weighted by Crippen LogP contribution is 2.27. The zero-order chi connectivity index (χ0) is 13.7. The van der Waals surface area contributed by atoms with Crippen LogP contribution in [0.1, 0.15) is 5.56 Å². The zero-order valence-corrected chi connectivity index (χ0v) is 14.1. The lowest BCUT2D eigenvalue weighted by atomic mass is 10.1. The maximum absolute atomic E-state index is 12.0. The number of halogens is 2. The Morgan fingerprint density at radius 2 is 1.58 bits per heavy atom. The Hall–Kier alpha value is -0.580. The van der Waals surface area contributed by atoms with Crippen LogP contribution in [-0.4, -0.2) is 11.5 Å². The van der Waals surface area contributed by atoms with Gasteiger partial charge in [-0.2, -0.15) is 0 Å². The molecule has 0 radical (unpaired) electrons. The highest BCUT2D eigenvalue weighted by atomic mass is 79.9. The highest BCUT2D eigenvalue weighted by molar-refractivity contribution is 9.10. The molecule has 0 aliphatic rings. The summed E-state index contributed by atoms with van der Waals surface area (Å²) in [4.78, 5) is 13.1. The van der Waals surface area contributed by atoms with Gasteiger partial charge < -0.3 is 0 Å². The topological polar surface area (TPSA) is 17.1 Å². The molecule has 0 spiro atoms. The molecular formula is C15H12Br2OS. The summed E-state index contributed by atoms with van der Waals surface area (Å²) in [6, 6.07) is 15.8. The summed E-state index contributed by atoms with van der Waals surface area (Å²) in [5.41, 5.74) is 1.04. The lowest BCUT2D eigenvalue weighted by molar-refractivity contribution is -0.116. The molecule has 4 heteroatoms. The summed E-state index contributed by atoms with van der Waals surface area (Å²) in [5, 5.41) is 0. The number of benzene rings is 2. The van der Waals surface area contributed by atoms with Crippen LogP contribution in [-0.2, 0) is 11.2 Å². The molecule has 0 saturated heterocycles. The van der Waals surface area contributed by atoms with Gasteiger partial charge in [-0.3, -0.25) is 4.79 Å². The summed E-state index contributed by atoms with van der Waals surface area (Å²) >= 11 is 8.52. The number of rotatable bonds is 5. The van der Waals surface area contributed by atoms with Crippen molar-refractivity contribution in [2.24, 2.45) is 0 Å². The molecule has 0 amide bonds. The van der Waals surface area contributed by atoms with Crippen molar-refractivity contribution in [3.05, 3.63) is 63.0 Å². The fourth-order valence-electron chi connectivity index (χ4n) is 1.63. The smallest absolute Gasteiger partial charge is 0.147 e. The largest absolute Gasteiger partial charge is 0.298 e. The van der Waals surface area contributed by atoms with Crippen molar-refractivity contribution in [3.63, 3.8) is 0 Å². The number of ketones is 1. The van der Waals surface area contributed by atoms with E-state index in [1.165, 1.54) is 0 Å². The second-order valence-corrected chi connectivity index (χ2v) is 6.75. The average molecular weight is 400 g/mol. The van der Waals surface area contributed by atoms with E-state index in [4.69, 9.17) is 0 Å². The van der Waals surface area contributed by atoms with Crippen LogP contribution in [0.15, 0.2) is 62.4 Å². The third-order valence-electron chi connectivity index (χ3n) is 2.57. The Bertz CT molecular complexity index is 584. The van der Waals surface area contributed by atoms with Crippen LogP contribution in [0.2, 0.25) is 0 Å². The van der Waals surface area contributed by atoms with Crippen LogP contribution >= 0.6 is 43.6 Å². The molecule has 0 bridgehead atoms. The third-order valence-corrected chi connectivity index (χ3v) is 5.43. The normalized spacial score (nSPS) is 10.4. The maximum atomic E-state index is 12.0. The predicted molar refractivity (Wildman–Crippen MR) is 87.7 cm³/mol. The molecular weight excluding hydrogens is 388 g/mol. The van der Waals surface area contributed by atoms with E-state index in [-0.39, 0.29) is 5.78 Å². The molecule has 1 nitrogen and oxygen atoms in total. The van der Waals surface area contributed by atoms with Crippen molar-refractivity contribution in [1.82, 2.24) is 0 Å². The summed E-state index contributed by atoms with van der Waals surface area (Å²) in [6.45, 7) is 0. The molecule has 98 valence electrons. The van der Waals surface area contributed by atoms with E-state index in [2.05, 4.69) is 31.9 Å². The van der Waals surface area contributed by atoms with E-state index >= 15 is 0 Å². The summed E-state index contributed by atoms with van der Waals surface area (Å²) in [7, 11) is 0. The summed E-state index contributed by atoms with van der Waals surface area (Å²) in [5.74, 6) is 0.719. The fraction of sp³-hybridized carbons (Fsp3) is 0.133. The fourth-order valence-corrected chi connectivity index (χ4v) is 3.48. The lowest BCUT2D eigenvalue weighted by Crippen LogP contribution is -2.06. The monoisotopic (exact) mass is 398 g/mol. The summed E-state index contributed by atoms with van der Waals surface area (Å²) in [6.07, 6.45) is 0.471. The van der Waals surface area contributed by atoms with Crippen LogP contribution < -0.4 is 0 Å². The number of hydrogen-bond acceptors (Lipinski definition) is 2. The number of thioether (sulfide) groups is 1. The average Bonchev–Trinajstić information content (AvgIpc) is 2.40. The van der Waals surface area contributed by atoms with Gasteiger partial charge in [0.1, 0.15) is 5.78 Å². The van der Waals surface area contributed by atoms with E-state index < -0.39 is 0 Å². The minimum Gasteiger partial charge on any atom is -0.298 e. The van der Waals surface area contributed by atoms with Gasteiger partial charge in [0.2, 0.25) is 0 Å². The molecule has 0 fully saturated rings. The van der Waals surface area contributed by atoms with E-state index in [1.54, 1.807) is 11.8 Å². The van der Waals surface area contributed by atoms with Gasteiger partial charge in [0.15, 0.2) is 0 Å². The van der Waals surface area contributed by atoms with E-state index in [1.807, 2.05) is 48.5 Å². The van der Waals surface area contributed by atoms with Crippen LogP contribution in [0.3, 0.4) is 0 Å². The van der Waals surface area contributed by atoms with Crippen LogP contribution in [0.5, 0.6) is 0 Å². The highest BCUT2D eigenvalue weighted by Gasteiger charge is 2.08. The molecule has 0 atom stereocenters. The van der Waals surface area contributed by atoms with Gasteiger partial charge in [-0.05, 0) is 39.7 Å². The Labute approximate surface area is 134 Å². The molecule has 0 unspecified atom stereocenters. The van der Waals surface area contributed by atoms with Crippen molar-refractivity contribution in [1.29, 1.82) is 0 Å². The standard InChI is InChI=1S/C15H12Br2OS/c16-13-6-2-1-5-11(13)9-12(18)10-19-15-8-4-3-7-14(15)17/h1-8H,9-10H2. The van der Waals surface area contributed by atoms with Gasteiger partial charge in [0.25, 0.3) is 0 Å². The molecule has 2 aromatic carbocycles. The maximum Gasteiger partial charge on any atom is 0.147 e. The van der Waals surface area contributed by atoms with E-state index in [0.29, 0.717) is 12.2 Å². The van der Waals surface area contributed by atoms with Gasteiger partial charge in [-0.15, -0.1) is 11.8 Å². The number of carbonyl (C=O) groups excluding carboxylic acids is 1. The minimum atomic E-state index is 0.229. The first-order valence-corrected chi connectivity index (χ1v) is 8.36. The second-order valence-electron chi connectivity index (χ2n) is 4.03. The lowest BCUT2D eigenvalue weighted by Gasteiger charge is -2.05. The Morgan fingerprint density at radius 1 is 0.947 bits per heavy atom. The van der Waals surface area contributed by atoms with E-state index in [0.717, 1.165) is 19.4 Å². The van der Waals surface area contributed by atoms with Crippen molar-refractivity contribution < 1.29 is 4.79 Å². The molecule has 2 aromatic rings. The van der Waals surface area contributed by atoms with Crippen LogP contribution in [0.4, 0.5) is 0 Å². The molecule has 19 heavy (non-hydrogen) atoms. The van der Waals surface area contributed by atoms with Crippen molar-refractivity contribution >= 4 is 49.4 Å². The number of carbonyl (C=O) groups is 1. The molecule has 0 saturated carbocycles. The van der Waals surface area contributed by atoms with Gasteiger partial charge in [-0.1, -0.05) is 46.3 Å². The zero-order valence-electron chi connectivity index (χ0n) is 10.1. The number of Topliss-reactive ketones (excluding diaryl/α,β-unsaturated/α-hetero) is 1. The first-order chi connectivity index (χ1) is 9.16. The molecule has 0 N–H and O–H groups in total. The van der Waals surface area contributed by atoms with E-state index in [9.17, 15) is 4.79 Å². The predicted octanol–water partition coefficient (Wildman–Crippen LogP) is 5.12. The third kappa shape index (κ3) is 4.48. The Kier molecular flexibility index (Phi) is 5.67. The molecule has 0 aliphatic heterocycles. The quantitative estimate of drug-likeness (QED) is 0.649. The Morgan fingerprint density at radius 3 is 2.26 bits per heavy atom. The van der Waals surface area contributed by atoms with Gasteiger partial charge in [0.05, 0.1) is 5.75 Å². The molecule has 2 rings (SSSR count). The number of hydrogen-bond donors (Lipinski definition) is 0. The Balaban J connectivity index is 1.92. The first kappa shape index (κ1) is 14.8. The first-order valence-electron chi connectivity index (χ1n) is 5.79.